The number of ether oxygens (including phenoxy) is 1. The first-order valence-electron chi connectivity index (χ1n) is 7.91. The second-order valence-corrected chi connectivity index (χ2v) is 8.39. The second kappa shape index (κ2) is 3.43. The van der Waals surface area contributed by atoms with E-state index in [1.54, 1.807) is 5.69 Å². The first-order chi connectivity index (χ1) is 9.81. The summed E-state index contributed by atoms with van der Waals surface area (Å²) in [6.45, 7) is 3.24. The number of hydrogen-bond acceptors (Lipinski definition) is 3. The Kier molecular flexibility index (Phi) is 1.96. The highest BCUT2D eigenvalue weighted by atomic mass is 127. The minimum Gasteiger partial charge on any atom is -0.378 e. The van der Waals surface area contributed by atoms with Crippen molar-refractivity contribution in [2.75, 3.05) is 19.8 Å². The molecular weight excluding hydrogens is 365 g/mol. The first kappa shape index (κ1) is 11.4. The van der Waals surface area contributed by atoms with Crippen molar-refractivity contribution in [3.8, 4) is 0 Å². The zero-order valence-corrected chi connectivity index (χ0v) is 13.5. The van der Waals surface area contributed by atoms with Gasteiger partial charge in [-0.1, -0.05) is 0 Å². The largest absolute Gasteiger partial charge is 0.378 e. The highest BCUT2D eigenvalue weighted by Crippen LogP contribution is 2.86. The van der Waals surface area contributed by atoms with Crippen molar-refractivity contribution < 1.29 is 4.74 Å². The summed E-state index contributed by atoms with van der Waals surface area (Å²) in [5.41, 5.74) is 2.09. The van der Waals surface area contributed by atoms with Crippen LogP contribution < -0.4 is 0 Å². The molecular formula is C15H18IN3O. The number of rotatable bonds is 3. The standard InChI is InChI=1S/C15H18IN3O/c16-12-4-11(19(17-12)8-2-1-3-8)15-10-5-18(9-6-20-7-9)14(15)13(10)15/h4,8-10,13-14H,1-3,5-7H2/t10-,13-,14?,15-/m1/s1. The lowest BCUT2D eigenvalue weighted by Crippen LogP contribution is -2.48. The number of piperidine rings is 1. The van der Waals surface area contributed by atoms with Gasteiger partial charge in [0.1, 0.15) is 3.70 Å². The molecule has 3 aliphatic heterocycles. The number of hydrogen-bond donors (Lipinski definition) is 0. The van der Waals surface area contributed by atoms with E-state index in [1.807, 2.05) is 0 Å². The van der Waals surface area contributed by atoms with Crippen LogP contribution in [0.4, 0.5) is 0 Å². The van der Waals surface area contributed by atoms with Gasteiger partial charge in [-0.05, 0) is 59.8 Å². The predicted octanol–water partition coefficient (Wildman–Crippen LogP) is 1.79. The Labute approximate surface area is 132 Å². The van der Waals surface area contributed by atoms with Gasteiger partial charge in [-0.2, -0.15) is 5.10 Å². The van der Waals surface area contributed by atoms with Crippen LogP contribution >= 0.6 is 22.6 Å². The van der Waals surface area contributed by atoms with Gasteiger partial charge in [-0.3, -0.25) is 9.58 Å². The Balaban J connectivity index is 1.37. The van der Waals surface area contributed by atoms with Crippen molar-refractivity contribution in [2.45, 2.75) is 42.8 Å². The van der Waals surface area contributed by atoms with E-state index in [-0.39, 0.29) is 0 Å². The molecule has 0 aromatic carbocycles. The Bertz CT molecular complexity index is 602. The molecule has 3 aliphatic carbocycles. The van der Waals surface area contributed by atoms with E-state index < -0.39 is 0 Å². The number of fused-ring (bicyclic) bond motifs is 1. The fourth-order valence-corrected chi connectivity index (χ4v) is 5.76. The topological polar surface area (TPSA) is 30.3 Å². The van der Waals surface area contributed by atoms with Gasteiger partial charge in [0.15, 0.2) is 0 Å². The summed E-state index contributed by atoms with van der Waals surface area (Å²) in [6, 6.07) is 4.63. The average Bonchev–Trinajstić information content (AvgIpc) is 2.89. The van der Waals surface area contributed by atoms with Crippen LogP contribution in [0.5, 0.6) is 0 Å². The van der Waals surface area contributed by atoms with Gasteiger partial charge in [-0.15, -0.1) is 0 Å². The molecule has 3 saturated heterocycles. The summed E-state index contributed by atoms with van der Waals surface area (Å²) in [5.74, 6) is 1.88. The molecule has 1 aromatic rings. The van der Waals surface area contributed by atoms with Crippen molar-refractivity contribution in [3.05, 3.63) is 15.5 Å². The maximum Gasteiger partial charge on any atom is 0.123 e. The molecule has 2 bridgehead atoms. The molecule has 4 atom stereocenters. The molecule has 6 aliphatic rings. The number of nitrogens with zero attached hydrogens (tertiary/aromatic N) is 3. The quantitative estimate of drug-likeness (QED) is 0.746. The summed E-state index contributed by atoms with van der Waals surface area (Å²) in [6.07, 6.45) is 4.05. The Morgan fingerprint density at radius 3 is 2.75 bits per heavy atom. The van der Waals surface area contributed by atoms with E-state index in [9.17, 15) is 0 Å². The molecule has 3 saturated carbocycles. The molecule has 1 aromatic heterocycles. The molecule has 5 heteroatoms. The minimum absolute atomic E-state index is 0.515. The lowest BCUT2D eigenvalue weighted by atomic mass is 9.92. The Hall–Kier alpha value is -0.140. The molecule has 0 spiro atoms. The molecule has 6 fully saturated rings. The number of aromatic nitrogens is 2. The van der Waals surface area contributed by atoms with E-state index in [0.717, 1.165) is 37.1 Å². The fourth-order valence-electron chi connectivity index (χ4n) is 5.24. The van der Waals surface area contributed by atoms with Crippen LogP contribution in [0.3, 0.4) is 0 Å². The van der Waals surface area contributed by atoms with Gasteiger partial charge >= 0.3 is 0 Å². The van der Waals surface area contributed by atoms with Crippen LogP contribution in [0.1, 0.15) is 31.0 Å². The van der Waals surface area contributed by atoms with Gasteiger partial charge in [0.2, 0.25) is 0 Å². The maximum absolute atomic E-state index is 5.39. The minimum atomic E-state index is 0.515. The van der Waals surface area contributed by atoms with Crippen molar-refractivity contribution in [1.29, 1.82) is 0 Å². The van der Waals surface area contributed by atoms with E-state index in [1.165, 1.54) is 29.5 Å². The molecule has 1 unspecified atom stereocenters. The smallest absolute Gasteiger partial charge is 0.123 e. The van der Waals surface area contributed by atoms with Crippen LogP contribution in [-0.4, -0.2) is 46.5 Å². The predicted molar refractivity (Wildman–Crippen MR) is 81.6 cm³/mol. The van der Waals surface area contributed by atoms with E-state index in [4.69, 9.17) is 9.84 Å². The molecule has 7 rings (SSSR count). The van der Waals surface area contributed by atoms with Crippen molar-refractivity contribution >= 4 is 22.6 Å². The van der Waals surface area contributed by atoms with Crippen molar-refractivity contribution in [3.63, 3.8) is 0 Å². The molecule has 106 valence electrons. The second-order valence-electron chi connectivity index (χ2n) is 7.28. The first-order valence-corrected chi connectivity index (χ1v) is 8.98. The van der Waals surface area contributed by atoms with E-state index in [2.05, 4.69) is 38.2 Å². The van der Waals surface area contributed by atoms with E-state index in [0.29, 0.717) is 11.5 Å². The molecule has 4 nitrogen and oxygen atoms in total. The van der Waals surface area contributed by atoms with Crippen molar-refractivity contribution in [2.24, 2.45) is 11.8 Å². The highest BCUT2D eigenvalue weighted by molar-refractivity contribution is 14.1. The van der Waals surface area contributed by atoms with Gasteiger partial charge in [0.25, 0.3) is 0 Å². The lowest BCUT2D eigenvalue weighted by molar-refractivity contribution is -0.0601. The summed E-state index contributed by atoms with van der Waals surface area (Å²) in [5, 5.41) is 4.83. The lowest BCUT2D eigenvalue weighted by Gasteiger charge is -2.35. The SMILES string of the molecule is Ic1cc([C@@]23C4[C@H]2[C@H]3CN4C2COC2)n(C2CCC2)n1. The van der Waals surface area contributed by atoms with Crippen molar-refractivity contribution in [1.82, 2.24) is 14.7 Å². The third-order valence-corrected chi connectivity index (χ3v) is 7.16. The molecule has 4 heterocycles. The van der Waals surface area contributed by atoms with Crippen LogP contribution in [-0.2, 0) is 10.2 Å². The van der Waals surface area contributed by atoms with E-state index >= 15 is 0 Å². The van der Waals surface area contributed by atoms with Crippen LogP contribution in [0.15, 0.2) is 6.07 Å². The summed E-state index contributed by atoms with van der Waals surface area (Å²) >= 11 is 2.39. The summed E-state index contributed by atoms with van der Waals surface area (Å²) in [7, 11) is 0. The zero-order valence-electron chi connectivity index (χ0n) is 11.3. The van der Waals surface area contributed by atoms with Crippen LogP contribution in [0, 0.1) is 15.5 Å². The van der Waals surface area contributed by atoms with Gasteiger partial charge in [0, 0.05) is 23.7 Å². The third kappa shape index (κ3) is 1.10. The summed E-state index contributed by atoms with van der Waals surface area (Å²) < 4.78 is 9.00. The molecule has 20 heavy (non-hydrogen) atoms. The molecule has 0 N–H and O–H groups in total. The molecule has 0 amide bonds. The Morgan fingerprint density at radius 2 is 2.15 bits per heavy atom. The van der Waals surface area contributed by atoms with Gasteiger partial charge in [0.05, 0.1) is 25.3 Å². The third-order valence-electron chi connectivity index (χ3n) is 6.63. The normalized spacial score (nSPS) is 46.0. The maximum atomic E-state index is 5.39. The monoisotopic (exact) mass is 383 g/mol. The number of halogens is 1. The Morgan fingerprint density at radius 1 is 1.30 bits per heavy atom. The van der Waals surface area contributed by atoms with Crippen LogP contribution in [0.25, 0.3) is 0 Å². The summed E-state index contributed by atoms with van der Waals surface area (Å²) in [4.78, 5) is 2.75. The van der Waals surface area contributed by atoms with Gasteiger partial charge in [-0.25, -0.2) is 0 Å². The van der Waals surface area contributed by atoms with Crippen LogP contribution in [0.2, 0.25) is 0 Å². The van der Waals surface area contributed by atoms with Gasteiger partial charge < -0.3 is 4.74 Å². The molecule has 0 radical (unpaired) electrons. The fraction of sp³-hybridized carbons (Fsp3) is 0.800. The zero-order chi connectivity index (χ0) is 13.1. The average molecular weight is 383 g/mol. The highest BCUT2D eigenvalue weighted by Gasteiger charge is 2.94.